The number of hydrogen-bond acceptors (Lipinski definition) is 11. The van der Waals surface area contributed by atoms with E-state index < -0.39 is 26.3 Å². The third-order valence-corrected chi connectivity index (χ3v) is 16.4. The van der Waals surface area contributed by atoms with E-state index in [4.69, 9.17) is 32.0 Å². The number of aromatic nitrogens is 4. The topological polar surface area (TPSA) is 175 Å². The summed E-state index contributed by atoms with van der Waals surface area (Å²) in [5.41, 5.74) is 13.9. The van der Waals surface area contributed by atoms with Crippen LogP contribution in [0.4, 0.5) is 0 Å². The third-order valence-electron chi connectivity index (χ3n) is 12.3. The summed E-state index contributed by atoms with van der Waals surface area (Å²) in [5, 5.41) is 21.5. The van der Waals surface area contributed by atoms with Crippen molar-refractivity contribution in [3.8, 4) is 57.4 Å². The summed E-state index contributed by atoms with van der Waals surface area (Å²) in [6, 6.07) is 68.9. The standard InChI is InChI=1S/C20H19NOSi.C20H18NOSi.2C12H10N.C3H4.CH4O3S.2CH4O.CH4.B2.2Ir/c2*1-23(2,3)14-10-11-15-16-7-6-8-17(18-9-4-5-12-21-18)20(16)22-19(15)13-14;2*1-10-7-8-12(13-9-10)11-5-3-2-4-6-11;1-3-2;1-5(2,3)4;2*1-2;;1-2;;/h4-13H,1-3H3;4-7,9-13H,1-3H3;2*2-5,7-9H,1H3;1H,2H3;1H3,(H,2,3,4);2*2H,1H3;1H4;;;/q;3*-1;;;;;;;;/p-1. The molecule has 0 saturated heterocycles. The third kappa shape index (κ3) is 24.6. The van der Waals surface area contributed by atoms with E-state index in [0.29, 0.717) is 6.26 Å². The van der Waals surface area contributed by atoms with Crippen molar-refractivity contribution in [1.29, 1.82) is 0 Å². The van der Waals surface area contributed by atoms with Gasteiger partial charge < -0.3 is 38.6 Å². The first kappa shape index (κ1) is 79.8. The SMILES string of the molecule is C.C#CC.CO.CO.CS(=O)(=O)[O-].C[Si](C)(C)c1ccc2c(c1)oc1c(-c3ccccn3)[c-]ccc12.C[Si](C)(C)c1ccc2c(c1)oc1c(-c3ccccn3)cccc12.Cc1ccc(-c2[c-]cccc2)nc1.Cc1ccc(-c2[c-]cccc2)nc1.[B][B].[Ir].[Ir]. The second-order valence-corrected chi connectivity index (χ2v) is 32.4. The fraction of sp³-hybridized carbons (Fsp3) is 0.183. The van der Waals surface area contributed by atoms with Crippen molar-refractivity contribution in [2.45, 2.75) is 67.5 Å². The number of benzene rings is 6. The molecular weight excluding hydrogens is 1520 g/mol. The Bertz CT molecular complexity index is 3860. The number of pyridine rings is 4. The zero-order valence-electron chi connectivity index (χ0n) is 51.6. The number of fused-ring (bicyclic) bond motifs is 6. The van der Waals surface area contributed by atoms with E-state index in [0.717, 1.165) is 97.7 Å². The van der Waals surface area contributed by atoms with Crippen LogP contribution in [0.5, 0.6) is 0 Å². The molecule has 11 nitrogen and oxygen atoms in total. The molecule has 0 aliphatic heterocycles. The molecule has 0 bridgehead atoms. The maximum absolute atomic E-state index is 9.08. The van der Waals surface area contributed by atoms with Crippen molar-refractivity contribution in [2.75, 3.05) is 20.5 Å². The number of hydrogen-bond donors (Lipinski definition) is 2. The van der Waals surface area contributed by atoms with Gasteiger partial charge in [-0.15, -0.1) is 102 Å². The normalized spacial score (nSPS) is 10.1. The van der Waals surface area contributed by atoms with Gasteiger partial charge in [0, 0.05) is 123 Å². The van der Waals surface area contributed by atoms with E-state index in [-0.39, 0.29) is 47.6 Å². The van der Waals surface area contributed by atoms with Crippen LogP contribution in [0, 0.1) is 44.4 Å². The van der Waals surface area contributed by atoms with E-state index in [1.54, 1.807) is 13.1 Å². The van der Waals surface area contributed by atoms with Gasteiger partial charge in [0.05, 0.1) is 37.5 Å². The van der Waals surface area contributed by atoms with Crippen molar-refractivity contribution >= 4 is 96.0 Å². The second-order valence-electron chi connectivity index (χ2n) is 20.8. The molecule has 0 aliphatic carbocycles. The van der Waals surface area contributed by atoms with Crippen LogP contribution in [0.25, 0.3) is 88.9 Å². The quantitative estimate of drug-likeness (QED) is 0.0701. The Kier molecular flexibility index (Phi) is 35.6. The Labute approximate surface area is 559 Å². The predicted molar refractivity (Wildman–Crippen MR) is 370 cm³/mol. The molecule has 12 rings (SSSR count). The summed E-state index contributed by atoms with van der Waals surface area (Å²) in [5.74, 6) is 2.25. The van der Waals surface area contributed by atoms with Gasteiger partial charge in [-0.1, -0.05) is 147 Å². The molecule has 89 heavy (non-hydrogen) atoms. The van der Waals surface area contributed by atoms with Crippen molar-refractivity contribution < 1.29 is 72.2 Å². The van der Waals surface area contributed by atoms with Gasteiger partial charge in [0.1, 0.15) is 16.7 Å². The molecule has 6 heterocycles. The van der Waals surface area contributed by atoms with Crippen LogP contribution in [-0.2, 0) is 50.3 Å². The average molecular weight is 1590 g/mol. The predicted octanol–water partition coefficient (Wildman–Crippen LogP) is 14.8. The van der Waals surface area contributed by atoms with Crippen LogP contribution in [0.2, 0.25) is 39.3 Å². The molecular formula is C71H76B2Ir2N4O7SSi2-4. The molecule has 18 heteroatoms. The minimum absolute atomic E-state index is 0. The second kappa shape index (κ2) is 39.7. The Morgan fingerprint density at radius 3 is 1.31 bits per heavy atom. The van der Waals surface area contributed by atoms with Crippen molar-refractivity contribution in [3.63, 3.8) is 0 Å². The van der Waals surface area contributed by atoms with E-state index in [1.807, 2.05) is 136 Å². The smallest absolute Gasteiger partial charge is 0.144 e. The Hall–Kier alpha value is -7.23. The minimum atomic E-state index is -3.92. The molecule has 6 radical (unpaired) electrons. The number of para-hydroxylation sites is 1. The molecule has 464 valence electrons. The molecule has 2 N–H and O–H groups in total. The molecule has 0 fully saturated rings. The minimum Gasteiger partial charge on any atom is -0.748 e. The van der Waals surface area contributed by atoms with Crippen LogP contribution >= 0.6 is 0 Å². The molecule has 0 spiro atoms. The summed E-state index contributed by atoms with van der Waals surface area (Å²) in [6.07, 6.45) is 12.6. The maximum Gasteiger partial charge on any atom is 0.144 e. The molecule has 0 saturated carbocycles. The zero-order chi connectivity index (χ0) is 63.5. The zero-order valence-corrected chi connectivity index (χ0v) is 59.2. The van der Waals surface area contributed by atoms with Crippen molar-refractivity contribution in [2.24, 2.45) is 0 Å². The van der Waals surface area contributed by atoms with E-state index in [2.05, 4.69) is 178 Å². The van der Waals surface area contributed by atoms with Gasteiger partial charge in [-0.25, -0.2) is 8.42 Å². The molecule has 12 aromatic rings. The number of aryl methyl sites for hydroxylation is 2. The summed E-state index contributed by atoms with van der Waals surface area (Å²) >= 11 is 0. The van der Waals surface area contributed by atoms with Gasteiger partial charge in [0.15, 0.2) is 0 Å². The number of furan rings is 2. The van der Waals surface area contributed by atoms with Crippen molar-refractivity contribution in [3.05, 3.63) is 230 Å². The Morgan fingerprint density at radius 1 is 0.517 bits per heavy atom. The number of aliphatic hydroxyl groups is 2. The van der Waals surface area contributed by atoms with Crippen molar-refractivity contribution in [1.82, 2.24) is 19.9 Å². The first-order chi connectivity index (χ1) is 41.2. The number of nitrogens with zero attached hydrogens (tertiary/aromatic N) is 4. The first-order valence-electron chi connectivity index (χ1n) is 27.2. The van der Waals surface area contributed by atoms with Crippen LogP contribution in [0.1, 0.15) is 25.5 Å². The van der Waals surface area contributed by atoms with E-state index in [9.17, 15) is 0 Å². The summed E-state index contributed by atoms with van der Waals surface area (Å²) in [6.45, 7) is 19.8. The van der Waals surface area contributed by atoms with Crippen LogP contribution in [0.3, 0.4) is 0 Å². The fourth-order valence-corrected chi connectivity index (χ4v) is 10.6. The first-order valence-corrected chi connectivity index (χ1v) is 36.0. The van der Waals surface area contributed by atoms with E-state index in [1.165, 1.54) is 26.9 Å². The Balaban J connectivity index is 0.000000561. The molecule has 6 aromatic heterocycles. The number of aliphatic hydroxyl groups excluding tert-OH is 2. The summed E-state index contributed by atoms with van der Waals surface area (Å²) in [4.78, 5) is 17.5. The van der Waals surface area contributed by atoms with Gasteiger partial charge in [-0.05, 0) is 85.4 Å². The van der Waals surface area contributed by atoms with Gasteiger partial charge in [-0.3, -0.25) is 4.98 Å². The Morgan fingerprint density at radius 2 is 0.933 bits per heavy atom. The van der Waals surface area contributed by atoms with Gasteiger partial charge in [0.2, 0.25) is 0 Å². The van der Waals surface area contributed by atoms with Gasteiger partial charge in [0.25, 0.3) is 0 Å². The summed E-state index contributed by atoms with van der Waals surface area (Å²) < 4.78 is 39.7. The van der Waals surface area contributed by atoms with E-state index >= 15 is 0 Å². The molecule has 0 aliphatic rings. The van der Waals surface area contributed by atoms with Gasteiger partial charge in [-0.2, -0.15) is 0 Å². The monoisotopic (exact) mass is 1590 g/mol. The van der Waals surface area contributed by atoms with Crippen LogP contribution in [-0.4, -0.2) is 95.2 Å². The number of rotatable bonds is 6. The molecule has 0 amide bonds. The largest absolute Gasteiger partial charge is 0.748 e. The maximum atomic E-state index is 9.08. The summed E-state index contributed by atoms with van der Waals surface area (Å²) in [7, 11) is 3.38. The molecule has 0 atom stereocenters. The van der Waals surface area contributed by atoms with Crippen LogP contribution < -0.4 is 10.4 Å². The number of terminal acetylenes is 1. The molecule has 6 aromatic carbocycles. The van der Waals surface area contributed by atoms with Crippen LogP contribution in [0.15, 0.2) is 210 Å². The van der Waals surface area contributed by atoms with Gasteiger partial charge >= 0.3 is 0 Å². The molecule has 0 unspecified atom stereocenters. The average Bonchev–Trinajstić information content (AvgIpc) is 1.74. The fourth-order valence-electron chi connectivity index (χ4n) is 8.26.